The molecule has 20 heavy (non-hydrogen) atoms. The number of ether oxygens (including phenoxy) is 1. The van der Waals surface area contributed by atoms with Gasteiger partial charge in [0, 0.05) is 5.69 Å². The summed E-state index contributed by atoms with van der Waals surface area (Å²) in [6.45, 7) is 5.11. The van der Waals surface area contributed by atoms with Crippen LogP contribution in [-0.2, 0) is 14.8 Å². The van der Waals surface area contributed by atoms with Gasteiger partial charge in [0.15, 0.2) is 0 Å². The van der Waals surface area contributed by atoms with Gasteiger partial charge in [0.1, 0.15) is 10.5 Å². The zero-order chi connectivity index (χ0) is 15.7. The first-order chi connectivity index (χ1) is 8.90. The third-order valence-corrected chi connectivity index (χ3v) is 3.76. The molecule has 0 fully saturated rings. The number of anilines is 1. The summed E-state index contributed by atoms with van der Waals surface area (Å²) in [6, 6.07) is 2.44. The van der Waals surface area contributed by atoms with Crippen LogP contribution in [0.2, 0.25) is 10.0 Å². The molecule has 1 amide bonds. The van der Waals surface area contributed by atoms with Crippen molar-refractivity contribution in [2.75, 3.05) is 5.32 Å². The Morgan fingerprint density at radius 2 is 1.70 bits per heavy atom. The second kappa shape index (κ2) is 5.77. The lowest BCUT2D eigenvalue weighted by Crippen LogP contribution is -2.27. The van der Waals surface area contributed by atoms with Gasteiger partial charge in [0.05, 0.1) is 10.0 Å². The molecule has 0 radical (unpaired) electrons. The topological polar surface area (TPSA) is 98.5 Å². The lowest BCUT2D eigenvalue weighted by molar-refractivity contribution is 0.0636. The van der Waals surface area contributed by atoms with Crippen molar-refractivity contribution < 1.29 is 17.9 Å². The standard InChI is InChI=1S/C11H14Cl2N2O4S/c1-11(2,3)19-10(16)15-6-4-7(12)9(8(13)5-6)20(14,17)18/h4-5H,1-3H3,(H,15,16)(H2,14,17,18). The van der Waals surface area contributed by atoms with Crippen molar-refractivity contribution in [1.29, 1.82) is 0 Å². The first-order valence-electron chi connectivity index (χ1n) is 5.42. The van der Waals surface area contributed by atoms with Gasteiger partial charge in [-0.05, 0) is 32.9 Å². The summed E-state index contributed by atoms with van der Waals surface area (Å²) in [7, 11) is -4.05. The molecule has 0 saturated carbocycles. The molecule has 0 heterocycles. The summed E-state index contributed by atoms with van der Waals surface area (Å²) in [4.78, 5) is 11.2. The quantitative estimate of drug-likeness (QED) is 0.864. The number of hydrogen-bond acceptors (Lipinski definition) is 4. The molecule has 0 saturated heterocycles. The number of rotatable bonds is 2. The van der Waals surface area contributed by atoms with Crippen LogP contribution in [0, 0.1) is 0 Å². The molecule has 0 atom stereocenters. The molecule has 112 valence electrons. The lowest BCUT2D eigenvalue weighted by Gasteiger charge is -2.20. The number of carbonyl (C=O) groups is 1. The number of hydrogen-bond donors (Lipinski definition) is 2. The molecule has 1 aromatic carbocycles. The minimum atomic E-state index is -4.05. The summed E-state index contributed by atoms with van der Waals surface area (Å²) in [5, 5.41) is 7.00. The van der Waals surface area contributed by atoms with E-state index < -0.39 is 26.6 Å². The van der Waals surface area contributed by atoms with Gasteiger partial charge in [-0.15, -0.1) is 0 Å². The van der Waals surface area contributed by atoms with E-state index >= 15 is 0 Å². The highest BCUT2D eigenvalue weighted by Crippen LogP contribution is 2.32. The fourth-order valence-electron chi connectivity index (χ4n) is 1.33. The maximum atomic E-state index is 11.6. The minimum absolute atomic E-state index is 0.189. The molecule has 1 rings (SSSR count). The van der Waals surface area contributed by atoms with Crippen molar-refractivity contribution in [2.45, 2.75) is 31.3 Å². The van der Waals surface area contributed by atoms with Crippen LogP contribution in [0.3, 0.4) is 0 Å². The molecule has 6 nitrogen and oxygen atoms in total. The smallest absolute Gasteiger partial charge is 0.412 e. The number of carbonyl (C=O) groups excluding carboxylic acids is 1. The minimum Gasteiger partial charge on any atom is -0.444 e. The Morgan fingerprint density at radius 3 is 2.05 bits per heavy atom. The third kappa shape index (κ3) is 4.82. The maximum Gasteiger partial charge on any atom is 0.412 e. The van der Waals surface area contributed by atoms with E-state index in [-0.39, 0.29) is 15.7 Å². The van der Waals surface area contributed by atoms with E-state index in [0.29, 0.717) is 0 Å². The fraction of sp³-hybridized carbons (Fsp3) is 0.364. The van der Waals surface area contributed by atoms with Gasteiger partial charge in [0.25, 0.3) is 0 Å². The van der Waals surface area contributed by atoms with Crippen molar-refractivity contribution in [3.63, 3.8) is 0 Å². The summed E-state index contributed by atoms with van der Waals surface area (Å²) in [5.74, 6) is 0. The zero-order valence-corrected chi connectivity index (χ0v) is 13.4. The van der Waals surface area contributed by atoms with Gasteiger partial charge >= 0.3 is 6.09 Å². The van der Waals surface area contributed by atoms with Crippen LogP contribution in [-0.4, -0.2) is 20.1 Å². The van der Waals surface area contributed by atoms with Crippen LogP contribution in [0.15, 0.2) is 17.0 Å². The van der Waals surface area contributed by atoms with E-state index in [1.807, 2.05) is 0 Å². The first kappa shape index (κ1) is 17.0. The first-order valence-corrected chi connectivity index (χ1v) is 7.72. The molecule has 0 spiro atoms. The summed E-state index contributed by atoms with van der Waals surface area (Å²) < 4.78 is 27.6. The average Bonchev–Trinajstić information content (AvgIpc) is 2.08. The number of halogens is 2. The Balaban J connectivity index is 3.04. The van der Waals surface area contributed by atoms with Crippen molar-refractivity contribution in [3.8, 4) is 0 Å². The SMILES string of the molecule is CC(C)(C)OC(=O)Nc1cc(Cl)c(S(N)(=O)=O)c(Cl)c1. The van der Waals surface area contributed by atoms with E-state index in [4.69, 9.17) is 33.1 Å². The molecule has 0 unspecified atom stereocenters. The van der Waals surface area contributed by atoms with Crippen LogP contribution in [0.5, 0.6) is 0 Å². The second-order valence-electron chi connectivity index (χ2n) is 4.94. The molecule has 1 aromatic rings. The van der Waals surface area contributed by atoms with Crippen LogP contribution < -0.4 is 10.5 Å². The highest BCUT2D eigenvalue weighted by Gasteiger charge is 2.20. The third-order valence-electron chi connectivity index (χ3n) is 1.93. The molecule has 0 aliphatic carbocycles. The number of nitrogens with two attached hydrogens (primary N) is 1. The summed E-state index contributed by atoms with van der Waals surface area (Å²) in [6.07, 6.45) is -0.715. The molecule has 3 N–H and O–H groups in total. The van der Waals surface area contributed by atoms with Crippen molar-refractivity contribution in [2.24, 2.45) is 5.14 Å². The van der Waals surface area contributed by atoms with Crippen LogP contribution in [0.25, 0.3) is 0 Å². The Kier molecular flexibility index (Phi) is 4.91. The summed E-state index contributed by atoms with van der Waals surface area (Å²) >= 11 is 11.6. The average molecular weight is 341 g/mol. The lowest BCUT2D eigenvalue weighted by atomic mass is 10.2. The molecule has 0 bridgehead atoms. The number of nitrogens with one attached hydrogen (secondary N) is 1. The van der Waals surface area contributed by atoms with Crippen LogP contribution >= 0.6 is 23.2 Å². The van der Waals surface area contributed by atoms with Gasteiger partial charge in [-0.25, -0.2) is 18.4 Å². The largest absolute Gasteiger partial charge is 0.444 e. The van der Waals surface area contributed by atoms with Crippen molar-refractivity contribution in [3.05, 3.63) is 22.2 Å². The molecular weight excluding hydrogens is 327 g/mol. The highest BCUT2D eigenvalue weighted by atomic mass is 35.5. The number of amides is 1. The van der Waals surface area contributed by atoms with Crippen LogP contribution in [0.1, 0.15) is 20.8 Å². The van der Waals surface area contributed by atoms with Gasteiger partial charge in [-0.1, -0.05) is 23.2 Å². The number of benzene rings is 1. The van der Waals surface area contributed by atoms with E-state index in [1.165, 1.54) is 12.1 Å². The van der Waals surface area contributed by atoms with Crippen molar-refractivity contribution in [1.82, 2.24) is 0 Å². The predicted molar refractivity (Wildman–Crippen MR) is 77.7 cm³/mol. The van der Waals surface area contributed by atoms with Gasteiger partial charge in [-0.3, -0.25) is 5.32 Å². The van der Waals surface area contributed by atoms with Crippen molar-refractivity contribution >= 4 is 45.0 Å². The Hall–Kier alpha value is -1.02. The van der Waals surface area contributed by atoms with Gasteiger partial charge in [-0.2, -0.15) is 0 Å². The van der Waals surface area contributed by atoms with E-state index in [9.17, 15) is 13.2 Å². The van der Waals surface area contributed by atoms with E-state index in [1.54, 1.807) is 20.8 Å². The monoisotopic (exact) mass is 340 g/mol. The Bertz CT molecular complexity index is 615. The Morgan fingerprint density at radius 1 is 1.25 bits per heavy atom. The number of primary sulfonamides is 1. The number of sulfonamides is 1. The van der Waals surface area contributed by atoms with Gasteiger partial charge < -0.3 is 4.74 Å². The molecular formula is C11H14Cl2N2O4S. The normalized spacial score (nSPS) is 12.1. The zero-order valence-electron chi connectivity index (χ0n) is 11.0. The van der Waals surface area contributed by atoms with E-state index in [2.05, 4.69) is 5.32 Å². The summed E-state index contributed by atoms with van der Waals surface area (Å²) in [5.41, 5.74) is -0.472. The van der Waals surface area contributed by atoms with E-state index in [0.717, 1.165) is 0 Å². The molecule has 0 aliphatic rings. The second-order valence-corrected chi connectivity index (χ2v) is 7.25. The molecule has 0 aromatic heterocycles. The van der Waals surface area contributed by atoms with Crippen LogP contribution in [0.4, 0.5) is 10.5 Å². The predicted octanol–water partition coefficient (Wildman–Crippen LogP) is 2.99. The fourth-order valence-corrected chi connectivity index (χ4v) is 3.12. The molecule has 0 aliphatic heterocycles. The highest BCUT2D eigenvalue weighted by molar-refractivity contribution is 7.89. The maximum absolute atomic E-state index is 11.6. The Labute approximate surface area is 127 Å². The molecule has 9 heteroatoms. The van der Waals surface area contributed by atoms with Gasteiger partial charge in [0.2, 0.25) is 10.0 Å².